The first-order chi connectivity index (χ1) is 12.0. The third-order valence-corrected chi connectivity index (χ3v) is 3.60. The molecule has 2 rings (SSSR count). The van der Waals surface area contributed by atoms with Crippen molar-refractivity contribution in [1.29, 1.82) is 0 Å². The van der Waals surface area contributed by atoms with E-state index in [0.717, 1.165) is 5.56 Å². The topological polar surface area (TPSA) is 73.9 Å². The summed E-state index contributed by atoms with van der Waals surface area (Å²) in [6.07, 6.45) is -0.983. The van der Waals surface area contributed by atoms with Crippen LogP contribution in [0.5, 0.6) is 11.5 Å². The molecule has 0 bridgehead atoms. The van der Waals surface area contributed by atoms with Gasteiger partial charge >= 0.3 is 5.97 Å². The van der Waals surface area contributed by atoms with Crippen molar-refractivity contribution in [1.82, 2.24) is 0 Å². The first-order valence-corrected chi connectivity index (χ1v) is 7.75. The minimum atomic E-state index is -0.983. The highest BCUT2D eigenvalue weighted by Gasteiger charge is 2.24. The van der Waals surface area contributed by atoms with Crippen LogP contribution in [0.1, 0.15) is 22.8 Å². The van der Waals surface area contributed by atoms with Crippen LogP contribution in [0.15, 0.2) is 42.5 Å². The number of hydrogen-bond acceptors (Lipinski definition) is 5. The summed E-state index contributed by atoms with van der Waals surface area (Å²) in [6.45, 7) is 3.46. The van der Waals surface area contributed by atoms with Gasteiger partial charge in [0.2, 0.25) is 0 Å². The van der Waals surface area contributed by atoms with Crippen molar-refractivity contribution in [3.63, 3.8) is 0 Å². The lowest BCUT2D eigenvalue weighted by Crippen LogP contribution is -2.30. The van der Waals surface area contributed by atoms with Gasteiger partial charge in [0.15, 0.2) is 6.10 Å². The fraction of sp³-hybridized carbons (Fsp3) is 0.263. The molecule has 0 radical (unpaired) electrons. The second-order valence-electron chi connectivity index (χ2n) is 5.44. The van der Waals surface area contributed by atoms with E-state index in [9.17, 15) is 9.59 Å². The summed E-state index contributed by atoms with van der Waals surface area (Å²) in [6, 6.07) is 12.3. The largest absolute Gasteiger partial charge is 0.496 e. The number of esters is 1. The molecule has 0 saturated heterocycles. The van der Waals surface area contributed by atoms with Crippen LogP contribution in [0.2, 0.25) is 0 Å². The van der Waals surface area contributed by atoms with Crippen LogP contribution >= 0.6 is 0 Å². The lowest BCUT2D eigenvalue weighted by atomic mass is 10.1. The third-order valence-electron chi connectivity index (χ3n) is 3.60. The Labute approximate surface area is 146 Å². The van der Waals surface area contributed by atoms with Crippen LogP contribution in [0.3, 0.4) is 0 Å². The maximum absolute atomic E-state index is 12.5. The van der Waals surface area contributed by atoms with Crippen molar-refractivity contribution >= 4 is 17.6 Å². The Hall–Kier alpha value is -3.02. The highest BCUT2D eigenvalue weighted by atomic mass is 16.6. The molecule has 25 heavy (non-hydrogen) atoms. The monoisotopic (exact) mass is 343 g/mol. The molecule has 0 aromatic heterocycles. The molecule has 0 spiro atoms. The van der Waals surface area contributed by atoms with Gasteiger partial charge in [-0.15, -0.1) is 0 Å². The molecule has 0 unspecified atom stereocenters. The number of hydrogen-bond donors (Lipinski definition) is 1. The SMILES string of the molecule is COc1cccc(OC)c1C(=O)O[C@@H](C)C(=O)Nc1ccc(C)cc1. The number of ether oxygens (including phenoxy) is 3. The molecular formula is C19H21NO5. The molecule has 132 valence electrons. The van der Waals surface area contributed by atoms with Crippen molar-refractivity contribution in [2.75, 3.05) is 19.5 Å². The number of methoxy groups -OCH3 is 2. The number of amides is 1. The third kappa shape index (κ3) is 4.50. The van der Waals surface area contributed by atoms with Gasteiger partial charge in [0, 0.05) is 5.69 Å². The van der Waals surface area contributed by atoms with Gasteiger partial charge in [-0.05, 0) is 38.1 Å². The maximum Gasteiger partial charge on any atom is 0.346 e. The molecular weight excluding hydrogens is 322 g/mol. The molecule has 2 aromatic rings. The summed E-state index contributed by atoms with van der Waals surface area (Å²) in [5, 5.41) is 2.70. The molecule has 1 atom stereocenters. The number of aryl methyl sites for hydroxylation is 1. The van der Waals surface area contributed by atoms with E-state index >= 15 is 0 Å². The van der Waals surface area contributed by atoms with Gasteiger partial charge in [-0.1, -0.05) is 23.8 Å². The number of rotatable bonds is 6. The van der Waals surface area contributed by atoms with Gasteiger partial charge in [0.25, 0.3) is 5.91 Å². The number of carbonyl (C=O) groups is 2. The van der Waals surface area contributed by atoms with Gasteiger partial charge in [0.05, 0.1) is 14.2 Å². The molecule has 0 heterocycles. The minimum absolute atomic E-state index is 0.141. The van der Waals surface area contributed by atoms with Crippen LogP contribution in [0, 0.1) is 6.92 Å². The fourth-order valence-corrected chi connectivity index (χ4v) is 2.21. The molecule has 1 amide bonds. The van der Waals surface area contributed by atoms with Gasteiger partial charge in [0.1, 0.15) is 17.1 Å². The van der Waals surface area contributed by atoms with E-state index in [1.54, 1.807) is 30.3 Å². The number of carbonyl (C=O) groups excluding carboxylic acids is 2. The summed E-state index contributed by atoms with van der Waals surface area (Å²) < 4.78 is 15.6. The lowest BCUT2D eigenvalue weighted by molar-refractivity contribution is -0.123. The predicted octanol–water partition coefficient (Wildman–Crippen LogP) is 3.20. The molecule has 0 fully saturated rings. The first kappa shape index (κ1) is 18.3. The summed E-state index contributed by atoms with van der Waals surface area (Å²) in [5.41, 5.74) is 1.86. The number of nitrogens with one attached hydrogen (secondary N) is 1. The molecule has 0 aliphatic rings. The highest BCUT2D eigenvalue weighted by Crippen LogP contribution is 2.29. The Morgan fingerprint density at radius 3 is 2.04 bits per heavy atom. The van der Waals surface area contributed by atoms with Crippen LogP contribution < -0.4 is 14.8 Å². The Balaban J connectivity index is 2.09. The van der Waals surface area contributed by atoms with E-state index in [1.807, 2.05) is 19.1 Å². The van der Waals surface area contributed by atoms with Crippen LogP contribution in [0.4, 0.5) is 5.69 Å². The summed E-state index contributed by atoms with van der Waals surface area (Å²) in [5.74, 6) is -0.488. The zero-order chi connectivity index (χ0) is 18.4. The van der Waals surface area contributed by atoms with Crippen molar-refractivity contribution < 1.29 is 23.8 Å². The highest BCUT2D eigenvalue weighted by molar-refractivity contribution is 5.99. The average molecular weight is 343 g/mol. The minimum Gasteiger partial charge on any atom is -0.496 e. The molecule has 6 heteroatoms. The zero-order valence-corrected chi connectivity index (χ0v) is 14.7. The second-order valence-corrected chi connectivity index (χ2v) is 5.44. The van der Waals surface area contributed by atoms with Crippen molar-refractivity contribution in [3.8, 4) is 11.5 Å². The van der Waals surface area contributed by atoms with Crippen molar-refractivity contribution in [3.05, 3.63) is 53.6 Å². The van der Waals surface area contributed by atoms with E-state index in [-0.39, 0.29) is 5.56 Å². The van der Waals surface area contributed by atoms with E-state index < -0.39 is 18.0 Å². The lowest BCUT2D eigenvalue weighted by Gasteiger charge is -2.16. The van der Waals surface area contributed by atoms with Crippen molar-refractivity contribution in [2.45, 2.75) is 20.0 Å². The number of anilines is 1. The van der Waals surface area contributed by atoms with Gasteiger partial charge in [-0.25, -0.2) is 4.79 Å². The normalized spacial score (nSPS) is 11.4. The second kappa shape index (κ2) is 8.19. The standard InChI is InChI=1S/C19H21NO5/c1-12-8-10-14(11-9-12)20-18(21)13(2)25-19(22)17-15(23-3)6-5-7-16(17)24-4/h5-11,13H,1-4H3,(H,20,21)/t13-/m0/s1. The van der Waals surface area contributed by atoms with Crippen molar-refractivity contribution in [2.24, 2.45) is 0 Å². The van der Waals surface area contributed by atoms with Gasteiger partial charge < -0.3 is 19.5 Å². The van der Waals surface area contributed by atoms with Gasteiger partial charge in [-0.3, -0.25) is 4.79 Å². The van der Waals surface area contributed by atoms with Crippen LogP contribution in [-0.2, 0) is 9.53 Å². The maximum atomic E-state index is 12.5. The van der Waals surface area contributed by atoms with E-state index in [1.165, 1.54) is 21.1 Å². The number of benzene rings is 2. The molecule has 0 aliphatic carbocycles. The molecule has 1 N–H and O–H groups in total. The Morgan fingerprint density at radius 1 is 0.960 bits per heavy atom. The average Bonchev–Trinajstić information content (AvgIpc) is 2.62. The van der Waals surface area contributed by atoms with Crippen LogP contribution in [0.25, 0.3) is 0 Å². The van der Waals surface area contributed by atoms with E-state index in [0.29, 0.717) is 17.2 Å². The summed E-state index contributed by atoms with van der Waals surface area (Å²) >= 11 is 0. The fourth-order valence-electron chi connectivity index (χ4n) is 2.21. The Morgan fingerprint density at radius 2 is 1.52 bits per heavy atom. The summed E-state index contributed by atoms with van der Waals surface area (Å²) in [4.78, 5) is 24.7. The van der Waals surface area contributed by atoms with Gasteiger partial charge in [-0.2, -0.15) is 0 Å². The smallest absolute Gasteiger partial charge is 0.346 e. The molecule has 6 nitrogen and oxygen atoms in total. The zero-order valence-electron chi connectivity index (χ0n) is 14.7. The molecule has 0 saturated carbocycles. The predicted molar refractivity (Wildman–Crippen MR) is 94.2 cm³/mol. The van der Waals surface area contributed by atoms with E-state index in [2.05, 4.69) is 5.32 Å². The Kier molecular flexibility index (Phi) is 6.00. The first-order valence-electron chi connectivity index (χ1n) is 7.75. The molecule has 2 aromatic carbocycles. The summed E-state index contributed by atoms with van der Waals surface area (Å²) in [7, 11) is 2.89. The Bertz CT molecular complexity index is 733. The molecule has 0 aliphatic heterocycles. The quantitative estimate of drug-likeness (QED) is 0.816. The van der Waals surface area contributed by atoms with Crippen LogP contribution in [-0.4, -0.2) is 32.2 Å². The van der Waals surface area contributed by atoms with E-state index in [4.69, 9.17) is 14.2 Å².